The predicted molar refractivity (Wildman–Crippen MR) is 106 cm³/mol. The van der Waals surface area contributed by atoms with Crippen LogP contribution in [0.3, 0.4) is 0 Å². The van der Waals surface area contributed by atoms with Crippen molar-refractivity contribution in [3.63, 3.8) is 0 Å². The standard InChI is InChI=1S/C17H29N3O3S.ClH/c1-5-12-24(22,23)19-15-8-6-14(7-9-15)17(21)20(4)11-10-16(18)13(2)3;/h6-9,13,16,19H,5,10-12,18H2,1-4H3;1H. The maximum Gasteiger partial charge on any atom is 0.253 e. The van der Waals surface area contributed by atoms with Crippen LogP contribution in [0.2, 0.25) is 0 Å². The number of rotatable bonds is 9. The fourth-order valence-electron chi connectivity index (χ4n) is 2.18. The second-order valence-corrected chi connectivity index (χ2v) is 8.26. The third-order valence-corrected chi connectivity index (χ3v) is 5.37. The Morgan fingerprint density at radius 1 is 1.24 bits per heavy atom. The van der Waals surface area contributed by atoms with E-state index in [1.54, 1.807) is 36.2 Å². The van der Waals surface area contributed by atoms with Crippen LogP contribution in [-0.4, -0.2) is 44.6 Å². The van der Waals surface area contributed by atoms with Gasteiger partial charge in [-0.2, -0.15) is 0 Å². The van der Waals surface area contributed by atoms with Gasteiger partial charge in [0.2, 0.25) is 10.0 Å². The van der Waals surface area contributed by atoms with Gasteiger partial charge in [-0.05, 0) is 43.0 Å². The highest BCUT2D eigenvalue weighted by Gasteiger charge is 2.15. The number of benzene rings is 1. The number of carbonyl (C=O) groups is 1. The Balaban J connectivity index is 0.00000576. The van der Waals surface area contributed by atoms with E-state index in [1.807, 2.05) is 6.92 Å². The molecule has 0 heterocycles. The molecule has 1 atom stereocenters. The Morgan fingerprint density at radius 3 is 2.28 bits per heavy atom. The van der Waals surface area contributed by atoms with Crippen molar-refractivity contribution in [3.05, 3.63) is 29.8 Å². The first-order chi connectivity index (χ1) is 11.2. The molecule has 1 aromatic carbocycles. The molecule has 1 rings (SSSR count). The van der Waals surface area contributed by atoms with E-state index < -0.39 is 10.0 Å². The molecule has 0 saturated heterocycles. The molecule has 0 fully saturated rings. The summed E-state index contributed by atoms with van der Waals surface area (Å²) >= 11 is 0. The SMILES string of the molecule is CCCS(=O)(=O)Nc1ccc(C(=O)N(C)CCC(N)C(C)C)cc1.Cl. The summed E-state index contributed by atoms with van der Waals surface area (Å²) in [6, 6.07) is 6.54. The summed E-state index contributed by atoms with van der Waals surface area (Å²) in [6.45, 7) is 6.51. The summed E-state index contributed by atoms with van der Waals surface area (Å²) in [7, 11) is -1.58. The van der Waals surface area contributed by atoms with Crippen molar-refractivity contribution in [2.24, 2.45) is 11.7 Å². The van der Waals surface area contributed by atoms with E-state index in [9.17, 15) is 13.2 Å². The summed E-state index contributed by atoms with van der Waals surface area (Å²) in [5.41, 5.74) is 6.99. The maximum atomic E-state index is 12.4. The number of nitrogens with two attached hydrogens (primary N) is 1. The minimum atomic E-state index is -3.32. The van der Waals surface area contributed by atoms with Gasteiger partial charge in [0.1, 0.15) is 0 Å². The molecule has 0 spiro atoms. The zero-order valence-electron chi connectivity index (χ0n) is 15.4. The fourth-order valence-corrected chi connectivity index (χ4v) is 3.31. The van der Waals surface area contributed by atoms with Gasteiger partial charge in [0.15, 0.2) is 0 Å². The molecule has 1 unspecified atom stereocenters. The molecule has 0 aliphatic rings. The predicted octanol–water partition coefficient (Wildman–Crippen LogP) is 2.71. The van der Waals surface area contributed by atoms with E-state index in [2.05, 4.69) is 18.6 Å². The first kappa shape index (κ1) is 23.7. The Morgan fingerprint density at radius 2 is 1.80 bits per heavy atom. The van der Waals surface area contributed by atoms with Gasteiger partial charge in [-0.15, -0.1) is 12.4 Å². The van der Waals surface area contributed by atoms with Gasteiger partial charge >= 0.3 is 0 Å². The largest absolute Gasteiger partial charge is 0.342 e. The summed E-state index contributed by atoms with van der Waals surface area (Å²) in [5.74, 6) is 0.352. The molecule has 3 N–H and O–H groups in total. The van der Waals surface area contributed by atoms with Crippen molar-refractivity contribution < 1.29 is 13.2 Å². The van der Waals surface area contributed by atoms with Crippen LogP contribution in [0.5, 0.6) is 0 Å². The third-order valence-electron chi connectivity index (χ3n) is 3.88. The molecule has 25 heavy (non-hydrogen) atoms. The molecule has 0 aromatic heterocycles. The molecule has 8 heteroatoms. The molecule has 144 valence electrons. The molecule has 0 aliphatic carbocycles. The minimum absolute atomic E-state index is 0. The van der Waals surface area contributed by atoms with E-state index in [0.29, 0.717) is 30.1 Å². The van der Waals surface area contributed by atoms with Crippen LogP contribution in [0.15, 0.2) is 24.3 Å². The van der Waals surface area contributed by atoms with Crippen molar-refractivity contribution in [2.75, 3.05) is 24.1 Å². The zero-order valence-corrected chi connectivity index (χ0v) is 17.0. The minimum Gasteiger partial charge on any atom is -0.342 e. The van der Waals surface area contributed by atoms with Crippen molar-refractivity contribution in [2.45, 2.75) is 39.7 Å². The fraction of sp³-hybridized carbons (Fsp3) is 0.588. The van der Waals surface area contributed by atoms with E-state index in [1.165, 1.54) is 0 Å². The molecule has 1 amide bonds. The highest BCUT2D eigenvalue weighted by Crippen LogP contribution is 2.14. The number of carbonyl (C=O) groups excluding carboxylic acids is 1. The summed E-state index contributed by atoms with van der Waals surface area (Å²) in [6.07, 6.45) is 1.30. The van der Waals surface area contributed by atoms with Crippen LogP contribution in [0, 0.1) is 5.92 Å². The van der Waals surface area contributed by atoms with Gasteiger partial charge in [-0.1, -0.05) is 20.8 Å². The lowest BCUT2D eigenvalue weighted by molar-refractivity contribution is 0.0789. The number of nitrogens with zero attached hydrogens (tertiary/aromatic N) is 1. The molecule has 6 nitrogen and oxygen atoms in total. The van der Waals surface area contributed by atoms with Gasteiger partial charge in [0, 0.05) is 30.9 Å². The molecule has 0 bridgehead atoms. The number of sulfonamides is 1. The van der Waals surface area contributed by atoms with E-state index >= 15 is 0 Å². The highest BCUT2D eigenvalue weighted by atomic mass is 35.5. The Kier molecular flexibility index (Phi) is 10.1. The lowest BCUT2D eigenvalue weighted by atomic mass is 10.0. The van der Waals surface area contributed by atoms with Gasteiger partial charge in [-0.25, -0.2) is 8.42 Å². The van der Waals surface area contributed by atoms with E-state index in [4.69, 9.17) is 5.73 Å². The Bertz CT molecular complexity index is 633. The number of anilines is 1. The third kappa shape index (κ3) is 8.07. The van der Waals surface area contributed by atoms with Crippen molar-refractivity contribution in [1.82, 2.24) is 4.90 Å². The average Bonchev–Trinajstić information content (AvgIpc) is 2.51. The van der Waals surface area contributed by atoms with Crippen molar-refractivity contribution >= 4 is 34.0 Å². The monoisotopic (exact) mass is 391 g/mol. The number of hydrogen-bond acceptors (Lipinski definition) is 4. The topological polar surface area (TPSA) is 92.5 Å². The number of hydrogen-bond donors (Lipinski definition) is 2. The number of halogens is 1. The first-order valence-corrected chi connectivity index (χ1v) is 9.93. The van der Waals surface area contributed by atoms with Gasteiger partial charge in [-0.3, -0.25) is 9.52 Å². The van der Waals surface area contributed by atoms with Gasteiger partial charge in [0.05, 0.1) is 5.75 Å². The molecular weight excluding hydrogens is 362 g/mol. The second-order valence-electron chi connectivity index (χ2n) is 6.42. The molecule has 1 aromatic rings. The highest BCUT2D eigenvalue weighted by molar-refractivity contribution is 7.92. The van der Waals surface area contributed by atoms with Crippen molar-refractivity contribution in [3.8, 4) is 0 Å². The van der Waals surface area contributed by atoms with Gasteiger partial charge in [0.25, 0.3) is 5.91 Å². The van der Waals surface area contributed by atoms with Crippen LogP contribution < -0.4 is 10.5 Å². The first-order valence-electron chi connectivity index (χ1n) is 8.28. The Hall–Kier alpha value is -1.31. The molecule has 0 radical (unpaired) electrons. The van der Waals surface area contributed by atoms with Crippen LogP contribution in [0.1, 0.15) is 44.0 Å². The van der Waals surface area contributed by atoms with Crippen LogP contribution in [0.25, 0.3) is 0 Å². The van der Waals surface area contributed by atoms with Gasteiger partial charge < -0.3 is 10.6 Å². The van der Waals surface area contributed by atoms with Crippen LogP contribution in [-0.2, 0) is 10.0 Å². The normalized spacial score (nSPS) is 12.4. The average molecular weight is 392 g/mol. The molecular formula is C17H30ClN3O3S. The smallest absolute Gasteiger partial charge is 0.253 e. The zero-order chi connectivity index (χ0) is 18.3. The lowest BCUT2D eigenvalue weighted by Crippen LogP contribution is -2.34. The number of nitrogens with one attached hydrogen (secondary N) is 1. The lowest BCUT2D eigenvalue weighted by Gasteiger charge is -2.21. The van der Waals surface area contributed by atoms with Crippen LogP contribution in [0.4, 0.5) is 5.69 Å². The summed E-state index contributed by atoms with van der Waals surface area (Å²) in [5, 5.41) is 0. The number of amides is 1. The second kappa shape index (κ2) is 10.6. The van der Waals surface area contributed by atoms with E-state index in [0.717, 1.165) is 6.42 Å². The quantitative estimate of drug-likeness (QED) is 0.676. The van der Waals surface area contributed by atoms with E-state index in [-0.39, 0.29) is 30.1 Å². The summed E-state index contributed by atoms with van der Waals surface area (Å²) < 4.78 is 26.0. The maximum absolute atomic E-state index is 12.4. The van der Waals surface area contributed by atoms with Crippen LogP contribution >= 0.6 is 12.4 Å². The molecule has 0 aliphatic heterocycles. The van der Waals surface area contributed by atoms with Crippen molar-refractivity contribution in [1.29, 1.82) is 0 Å². The summed E-state index contributed by atoms with van der Waals surface area (Å²) in [4.78, 5) is 14.0. The Labute approximate surface area is 157 Å². The molecule has 0 saturated carbocycles.